The minimum atomic E-state index is -0.481. The molecule has 0 radical (unpaired) electrons. The van der Waals surface area contributed by atoms with Gasteiger partial charge in [0.1, 0.15) is 17.1 Å². The van der Waals surface area contributed by atoms with Crippen LogP contribution in [0.1, 0.15) is 31.9 Å². The molecule has 37 heavy (non-hydrogen) atoms. The van der Waals surface area contributed by atoms with E-state index < -0.39 is 5.60 Å². The average Bonchev–Trinajstić information content (AvgIpc) is 3.18. The van der Waals surface area contributed by atoms with E-state index in [1.54, 1.807) is 23.3 Å². The zero-order valence-electron chi connectivity index (χ0n) is 21.8. The zero-order chi connectivity index (χ0) is 26.2. The molecule has 190 valence electrons. The number of rotatable bonds is 5. The average molecular weight is 514 g/mol. The highest BCUT2D eigenvalue weighted by molar-refractivity contribution is 7.22. The predicted molar refractivity (Wildman–Crippen MR) is 151 cm³/mol. The molecule has 1 amide bonds. The Balaban J connectivity index is 1.36. The maximum atomic E-state index is 12.2. The second kappa shape index (κ2) is 9.94. The van der Waals surface area contributed by atoms with Gasteiger partial charge in [0.05, 0.1) is 12.0 Å². The molecule has 1 saturated heterocycles. The van der Waals surface area contributed by atoms with E-state index in [-0.39, 0.29) is 6.09 Å². The van der Waals surface area contributed by atoms with Crippen molar-refractivity contribution in [3.63, 3.8) is 0 Å². The van der Waals surface area contributed by atoms with E-state index in [0.29, 0.717) is 13.1 Å². The molecule has 3 aromatic carbocycles. The lowest BCUT2D eigenvalue weighted by atomic mass is 10.0. The zero-order valence-corrected chi connectivity index (χ0v) is 22.6. The van der Waals surface area contributed by atoms with Crippen molar-refractivity contribution >= 4 is 33.6 Å². The van der Waals surface area contributed by atoms with E-state index in [1.807, 2.05) is 51.1 Å². The summed E-state index contributed by atoms with van der Waals surface area (Å²) in [5.74, 6) is 2.46. The molecule has 0 aliphatic carbocycles. The molecule has 0 bridgehead atoms. The van der Waals surface area contributed by atoms with Crippen molar-refractivity contribution in [1.82, 2.24) is 4.90 Å². The lowest BCUT2D eigenvalue weighted by Gasteiger charge is -2.35. The molecule has 4 aromatic rings. The van der Waals surface area contributed by atoms with Gasteiger partial charge in [-0.1, -0.05) is 42.5 Å². The third-order valence-electron chi connectivity index (χ3n) is 6.15. The van der Waals surface area contributed by atoms with Crippen LogP contribution in [0, 0.1) is 6.92 Å². The fourth-order valence-corrected chi connectivity index (χ4v) is 5.51. The van der Waals surface area contributed by atoms with Crippen molar-refractivity contribution in [1.29, 1.82) is 0 Å². The number of likely N-dealkylation sites (tertiary alicyclic amines) is 1. The second-order valence-corrected chi connectivity index (χ2v) is 11.3. The first kappa shape index (κ1) is 24.9. The highest BCUT2D eigenvalue weighted by Gasteiger charge is 2.29. The summed E-state index contributed by atoms with van der Waals surface area (Å²) in [6.45, 7) is 8.95. The molecule has 2 heterocycles. The summed E-state index contributed by atoms with van der Waals surface area (Å²) in [5.41, 5.74) is 4.15. The molecule has 5 rings (SSSR count). The number of nitrogens with zero attached hydrogens (tertiary/aromatic N) is 1. The Morgan fingerprint density at radius 3 is 2.35 bits per heavy atom. The SMILES string of the molecule is COc1ccc2c(Oc3ccc(C=C4CN(C(=O)OC(C)(C)C)C4)cc3)c(-c3ccccc3C)sc2c1. The summed E-state index contributed by atoms with van der Waals surface area (Å²) in [7, 11) is 1.68. The molecule has 0 atom stereocenters. The van der Waals surface area contributed by atoms with Crippen LogP contribution in [0.4, 0.5) is 4.79 Å². The molecule has 0 N–H and O–H groups in total. The Morgan fingerprint density at radius 2 is 1.68 bits per heavy atom. The van der Waals surface area contributed by atoms with E-state index >= 15 is 0 Å². The van der Waals surface area contributed by atoms with Gasteiger partial charge in [0, 0.05) is 23.2 Å². The number of amides is 1. The molecule has 1 aliphatic heterocycles. The molecule has 0 spiro atoms. The maximum Gasteiger partial charge on any atom is 0.410 e. The van der Waals surface area contributed by atoms with Crippen LogP contribution in [-0.2, 0) is 4.74 Å². The van der Waals surface area contributed by atoms with Crippen LogP contribution >= 0.6 is 11.3 Å². The third kappa shape index (κ3) is 5.49. The molecule has 6 heteroatoms. The summed E-state index contributed by atoms with van der Waals surface area (Å²) >= 11 is 1.71. The van der Waals surface area contributed by atoms with Crippen molar-refractivity contribution in [3.05, 3.63) is 83.4 Å². The Kier molecular flexibility index (Phi) is 6.69. The van der Waals surface area contributed by atoms with Gasteiger partial charge >= 0.3 is 6.09 Å². The van der Waals surface area contributed by atoms with Crippen LogP contribution in [0.15, 0.2) is 72.3 Å². The van der Waals surface area contributed by atoms with Crippen molar-refractivity contribution in [2.24, 2.45) is 0 Å². The van der Waals surface area contributed by atoms with E-state index in [9.17, 15) is 4.79 Å². The molecular weight excluding hydrogens is 482 g/mol. The van der Waals surface area contributed by atoms with Gasteiger partial charge < -0.3 is 19.1 Å². The van der Waals surface area contributed by atoms with Gasteiger partial charge in [-0.05, 0) is 80.3 Å². The van der Waals surface area contributed by atoms with Crippen molar-refractivity contribution in [2.45, 2.75) is 33.3 Å². The first-order valence-electron chi connectivity index (χ1n) is 12.3. The molecule has 0 unspecified atom stereocenters. The monoisotopic (exact) mass is 513 g/mol. The Morgan fingerprint density at radius 1 is 0.973 bits per heavy atom. The van der Waals surface area contributed by atoms with E-state index in [2.05, 4.69) is 49.4 Å². The smallest absolute Gasteiger partial charge is 0.410 e. The number of carbonyl (C=O) groups excluding carboxylic acids is 1. The van der Waals surface area contributed by atoms with Gasteiger partial charge in [0.15, 0.2) is 5.75 Å². The summed E-state index contributed by atoms with van der Waals surface area (Å²) < 4.78 is 18.5. The van der Waals surface area contributed by atoms with Crippen molar-refractivity contribution in [2.75, 3.05) is 20.2 Å². The van der Waals surface area contributed by atoms with Crippen LogP contribution in [-0.4, -0.2) is 36.8 Å². The molecular formula is C31H31NO4S. The van der Waals surface area contributed by atoms with Crippen LogP contribution < -0.4 is 9.47 Å². The lowest BCUT2D eigenvalue weighted by molar-refractivity contribution is 0.0216. The fourth-order valence-electron chi connectivity index (χ4n) is 4.26. The van der Waals surface area contributed by atoms with Crippen molar-refractivity contribution < 1.29 is 19.0 Å². The number of ether oxygens (including phenoxy) is 3. The number of aryl methyl sites for hydroxylation is 1. The Bertz CT molecular complexity index is 1470. The number of fused-ring (bicyclic) bond motifs is 1. The lowest BCUT2D eigenvalue weighted by Crippen LogP contribution is -2.46. The minimum Gasteiger partial charge on any atom is -0.497 e. The number of carbonyl (C=O) groups is 1. The maximum absolute atomic E-state index is 12.2. The second-order valence-electron chi connectivity index (χ2n) is 10.2. The van der Waals surface area contributed by atoms with Gasteiger partial charge in [0.25, 0.3) is 0 Å². The molecule has 1 aliphatic rings. The highest BCUT2D eigenvalue weighted by atomic mass is 32.1. The standard InChI is InChI=1S/C31H31NO4S/c1-20-8-6-7-9-25(20)29-28(26-15-14-24(34-5)17-27(26)37-29)35-23-12-10-21(11-13-23)16-22-18-32(19-22)30(33)36-31(2,3)4/h6-17H,18-19H2,1-5H3. The fraction of sp³-hybridized carbons (Fsp3) is 0.258. The topological polar surface area (TPSA) is 48.0 Å². The highest BCUT2D eigenvalue weighted by Crippen LogP contribution is 2.48. The summed E-state index contributed by atoms with van der Waals surface area (Å²) in [5, 5.41) is 1.06. The van der Waals surface area contributed by atoms with Gasteiger partial charge in [-0.3, -0.25) is 0 Å². The third-order valence-corrected chi connectivity index (χ3v) is 7.32. The normalized spacial score (nSPS) is 13.3. The summed E-state index contributed by atoms with van der Waals surface area (Å²) in [6, 6.07) is 22.5. The number of hydrogen-bond donors (Lipinski definition) is 0. The number of hydrogen-bond acceptors (Lipinski definition) is 5. The molecule has 1 fully saturated rings. The van der Waals surface area contributed by atoms with E-state index in [1.165, 1.54) is 16.7 Å². The van der Waals surface area contributed by atoms with Gasteiger partial charge in [-0.15, -0.1) is 11.3 Å². The quantitative estimate of drug-likeness (QED) is 0.269. The van der Waals surface area contributed by atoms with Gasteiger partial charge in [-0.2, -0.15) is 0 Å². The number of thiophene rings is 1. The van der Waals surface area contributed by atoms with Gasteiger partial charge in [-0.25, -0.2) is 4.79 Å². The Hall–Kier alpha value is -3.77. The van der Waals surface area contributed by atoms with Crippen molar-refractivity contribution in [3.8, 4) is 27.7 Å². The van der Waals surface area contributed by atoms with Crippen LogP contribution in [0.2, 0.25) is 0 Å². The minimum absolute atomic E-state index is 0.265. The van der Waals surface area contributed by atoms with Crippen LogP contribution in [0.25, 0.3) is 26.6 Å². The molecule has 0 saturated carbocycles. The Labute approximate surface area is 221 Å². The number of methoxy groups -OCH3 is 1. The number of benzene rings is 3. The molecule has 5 nitrogen and oxygen atoms in total. The summed E-state index contributed by atoms with van der Waals surface area (Å²) in [4.78, 5) is 15.0. The first-order valence-corrected chi connectivity index (χ1v) is 13.1. The van der Waals surface area contributed by atoms with Gasteiger partial charge in [0.2, 0.25) is 0 Å². The van der Waals surface area contributed by atoms with E-state index in [0.717, 1.165) is 37.8 Å². The summed E-state index contributed by atoms with van der Waals surface area (Å²) in [6.07, 6.45) is 1.86. The molecule has 1 aromatic heterocycles. The van der Waals surface area contributed by atoms with Crippen LogP contribution in [0.3, 0.4) is 0 Å². The predicted octanol–water partition coefficient (Wildman–Crippen LogP) is 8.31. The largest absolute Gasteiger partial charge is 0.497 e. The first-order chi connectivity index (χ1) is 17.7. The van der Waals surface area contributed by atoms with E-state index in [4.69, 9.17) is 14.2 Å². The van der Waals surface area contributed by atoms with Crippen LogP contribution in [0.5, 0.6) is 17.2 Å².